The second kappa shape index (κ2) is 6.98. The number of H-pyrrole nitrogens is 1. The molecule has 0 atom stereocenters. The van der Waals surface area contributed by atoms with Crippen LogP contribution in [0.1, 0.15) is 0 Å². The zero-order chi connectivity index (χ0) is 17.0. The third-order valence-corrected chi connectivity index (χ3v) is 4.39. The van der Waals surface area contributed by atoms with E-state index in [0.717, 1.165) is 34.1 Å². The second-order valence-corrected chi connectivity index (χ2v) is 7.43. The highest BCUT2D eigenvalue weighted by Gasteiger charge is 2.12. The molecule has 0 radical (unpaired) electrons. The van der Waals surface area contributed by atoms with Gasteiger partial charge in [-0.1, -0.05) is 30.3 Å². The molecule has 3 rings (SSSR count). The number of aromatic amines is 1. The Morgan fingerprint density at radius 2 is 1.67 bits per heavy atom. The summed E-state index contributed by atoms with van der Waals surface area (Å²) in [5, 5.41) is 4.39. The largest absolute Gasteiger partial charge is 0.383 e. The molecule has 0 aliphatic heterocycles. The van der Waals surface area contributed by atoms with Crippen LogP contribution in [0.3, 0.4) is 0 Å². The van der Waals surface area contributed by atoms with Gasteiger partial charge in [0.25, 0.3) is 0 Å². The lowest BCUT2D eigenvalue weighted by atomic mass is 10.1. The molecule has 0 bridgehead atoms. The number of para-hydroxylation sites is 1. The predicted octanol–water partition coefficient (Wildman–Crippen LogP) is 2.28. The summed E-state index contributed by atoms with van der Waals surface area (Å²) in [5.41, 5.74) is 4.10. The minimum Gasteiger partial charge on any atom is -0.383 e. The highest BCUT2D eigenvalue weighted by atomic mass is 32.2. The van der Waals surface area contributed by atoms with E-state index in [9.17, 15) is 8.42 Å². The lowest BCUT2D eigenvalue weighted by Crippen LogP contribution is -2.27. The van der Waals surface area contributed by atoms with Crippen molar-refractivity contribution >= 4 is 26.6 Å². The van der Waals surface area contributed by atoms with Crippen LogP contribution in [0.25, 0.3) is 22.2 Å². The number of sulfonamides is 1. The summed E-state index contributed by atoms with van der Waals surface area (Å²) >= 11 is 0. The molecule has 0 aliphatic rings. The Morgan fingerprint density at radius 3 is 2.42 bits per heavy atom. The Kier molecular flexibility index (Phi) is 4.78. The first-order valence-corrected chi connectivity index (χ1v) is 9.61. The maximum Gasteiger partial charge on any atom is 0.213 e. The molecule has 24 heavy (non-hydrogen) atoms. The average Bonchev–Trinajstić information content (AvgIpc) is 2.58. The van der Waals surface area contributed by atoms with Crippen molar-refractivity contribution in [3.8, 4) is 11.3 Å². The van der Waals surface area contributed by atoms with E-state index >= 15 is 0 Å². The van der Waals surface area contributed by atoms with Gasteiger partial charge in [0.2, 0.25) is 21.2 Å². The molecule has 0 saturated carbocycles. The summed E-state index contributed by atoms with van der Waals surface area (Å²) in [6.45, 7) is 0.849. The van der Waals surface area contributed by atoms with Crippen molar-refractivity contribution in [3.05, 3.63) is 60.7 Å². The van der Waals surface area contributed by atoms with Crippen molar-refractivity contribution in [2.45, 2.75) is 0 Å². The van der Waals surface area contributed by atoms with Crippen LogP contribution < -0.4 is 15.0 Å². The fraction of sp³-hybridized carbons (Fsp3) is 0.167. The Balaban J connectivity index is 1.90. The molecule has 1 aromatic heterocycles. The van der Waals surface area contributed by atoms with E-state index in [1.807, 2.05) is 42.5 Å². The molecule has 3 N–H and O–H groups in total. The van der Waals surface area contributed by atoms with Crippen molar-refractivity contribution in [1.82, 2.24) is 4.72 Å². The van der Waals surface area contributed by atoms with E-state index in [1.54, 1.807) is 0 Å². The van der Waals surface area contributed by atoms with Crippen molar-refractivity contribution in [2.24, 2.45) is 0 Å². The van der Waals surface area contributed by atoms with Crippen molar-refractivity contribution in [2.75, 3.05) is 24.7 Å². The number of hydrogen-bond acceptors (Lipinski definition) is 3. The predicted molar refractivity (Wildman–Crippen MR) is 97.3 cm³/mol. The maximum atomic E-state index is 11.2. The first-order valence-electron chi connectivity index (χ1n) is 7.72. The summed E-state index contributed by atoms with van der Waals surface area (Å²) in [4.78, 5) is 3.45. The molecule has 6 heteroatoms. The monoisotopic (exact) mass is 342 g/mol. The summed E-state index contributed by atoms with van der Waals surface area (Å²) < 4.78 is 24.8. The second-order valence-electron chi connectivity index (χ2n) is 5.60. The normalized spacial score (nSPS) is 11.5. The van der Waals surface area contributed by atoms with Gasteiger partial charge in [-0.05, 0) is 18.2 Å². The lowest BCUT2D eigenvalue weighted by Gasteiger charge is -2.09. The SMILES string of the molecule is CS(=O)(=O)NCCNc1cc(-c2ccccc2)[nH+]c2ccccc12. The smallest absolute Gasteiger partial charge is 0.213 e. The molecule has 2 aromatic carbocycles. The highest BCUT2D eigenvalue weighted by Crippen LogP contribution is 2.25. The van der Waals surface area contributed by atoms with Gasteiger partial charge >= 0.3 is 0 Å². The van der Waals surface area contributed by atoms with Gasteiger partial charge in [-0.15, -0.1) is 0 Å². The molecule has 3 aromatic rings. The van der Waals surface area contributed by atoms with Gasteiger partial charge in [-0.25, -0.2) is 18.1 Å². The Hall–Kier alpha value is -2.44. The van der Waals surface area contributed by atoms with Crippen LogP contribution in [-0.4, -0.2) is 27.8 Å². The number of nitrogens with one attached hydrogen (secondary N) is 3. The standard InChI is InChI=1S/C18H19N3O2S/c1-24(22,23)20-12-11-19-18-13-17(14-7-3-2-4-8-14)21-16-10-6-5-9-15(16)18/h2-10,13,20H,11-12H2,1H3,(H,19,21)/p+1. The minimum atomic E-state index is -3.17. The molecule has 0 saturated heterocycles. The van der Waals surface area contributed by atoms with Gasteiger partial charge in [0.05, 0.1) is 17.3 Å². The van der Waals surface area contributed by atoms with Gasteiger partial charge in [0.15, 0.2) is 0 Å². The summed E-state index contributed by atoms with van der Waals surface area (Å²) in [5.74, 6) is 0. The molecule has 0 aliphatic carbocycles. The molecule has 5 nitrogen and oxygen atoms in total. The Morgan fingerprint density at radius 1 is 0.958 bits per heavy atom. The van der Waals surface area contributed by atoms with Crippen molar-refractivity contribution in [3.63, 3.8) is 0 Å². The van der Waals surface area contributed by atoms with Gasteiger partial charge in [0.1, 0.15) is 0 Å². The quantitative estimate of drug-likeness (QED) is 0.675. The van der Waals surface area contributed by atoms with Gasteiger partial charge < -0.3 is 5.32 Å². The molecule has 0 spiro atoms. The van der Waals surface area contributed by atoms with Gasteiger partial charge in [-0.2, -0.15) is 0 Å². The van der Waals surface area contributed by atoms with E-state index in [1.165, 1.54) is 0 Å². The van der Waals surface area contributed by atoms with Crippen LogP contribution in [0.15, 0.2) is 60.7 Å². The Bertz CT molecular complexity index is 941. The number of hydrogen-bond donors (Lipinski definition) is 2. The van der Waals surface area contributed by atoms with Gasteiger partial charge in [0, 0.05) is 30.8 Å². The van der Waals surface area contributed by atoms with Gasteiger partial charge in [-0.3, -0.25) is 0 Å². The first-order chi connectivity index (χ1) is 11.5. The number of anilines is 1. The molecular weight excluding hydrogens is 322 g/mol. The summed E-state index contributed by atoms with van der Waals surface area (Å²) in [6.07, 6.45) is 1.16. The fourth-order valence-corrected chi connectivity index (χ4v) is 3.06. The van der Waals surface area contributed by atoms with E-state index in [4.69, 9.17) is 0 Å². The minimum absolute atomic E-state index is 0.340. The zero-order valence-electron chi connectivity index (χ0n) is 13.4. The average molecular weight is 342 g/mol. The third-order valence-electron chi connectivity index (χ3n) is 3.66. The van der Waals surface area contributed by atoms with E-state index in [2.05, 4.69) is 33.2 Å². The summed E-state index contributed by atoms with van der Waals surface area (Å²) in [7, 11) is -3.17. The zero-order valence-corrected chi connectivity index (χ0v) is 14.2. The van der Waals surface area contributed by atoms with Crippen LogP contribution in [0.5, 0.6) is 0 Å². The fourth-order valence-electron chi connectivity index (χ4n) is 2.58. The highest BCUT2D eigenvalue weighted by molar-refractivity contribution is 7.88. The first kappa shape index (κ1) is 16.4. The van der Waals surface area contributed by atoms with Crippen LogP contribution in [0.2, 0.25) is 0 Å². The molecular formula is C18H20N3O2S+. The maximum absolute atomic E-state index is 11.2. The molecule has 0 amide bonds. The van der Waals surface area contributed by atoms with Crippen molar-refractivity contribution in [1.29, 1.82) is 0 Å². The molecule has 1 heterocycles. The number of benzene rings is 2. The summed E-state index contributed by atoms with van der Waals surface area (Å²) in [6, 6.07) is 20.2. The number of pyridine rings is 1. The number of aromatic nitrogens is 1. The lowest BCUT2D eigenvalue weighted by molar-refractivity contribution is -0.330. The molecule has 0 unspecified atom stereocenters. The molecule has 124 valence electrons. The number of rotatable bonds is 6. The van der Waals surface area contributed by atoms with Crippen LogP contribution in [-0.2, 0) is 10.0 Å². The van der Waals surface area contributed by atoms with E-state index < -0.39 is 10.0 Å². The van der Waals surface area contributed by atoms with E-state index in [0.29, 0.717) is 13.1 Å². The van der Waals surface area contributed by atoms with Crippen molar-refractivity contribution < 1.29 is 13.4 Å². The molecule has 0 fully saturated rings. The van der Waals surface area contributed by atoms with Crippen LogP contribution in [0.4, 0.5) is 5.69 Å². The van der Waals surface area contributed by atoms with E-state index in [-0.39, 0.29) is 0 Å². The van der Waals surface area contributed by atoms with Crippen LogP contribution >= 0.6 is 0 Å². The third kappa shape index (κ3) is 4.10. The van der Waals surface area contributed by atoms with Crippen LogP contribution in [0, 0.1) is 0 Å². The topological polar surface area (TPSA) is 72.3 Å². The Labute approximate surface area is 141 Å². The number of fused-ring (bicyclic) bond motifs is 1.